The lowest BCUT2D eigenvalue weighted by atomic mass is 9.74. The summed E-state index contributed by atoms with van der Waals surface area (Å²) in [6.07, 6.45) is 1.30. The first-order valence-corrected chi connectivity index (χ1v) is 12.9. The number of hydrogen-bond donors (Lipinski definition) is 1. The lowest BCUT2D eigenvalue weighted by Crippen LogP contribution is -2.44. The molecular formula is C28H29ClF4N2O3. The lowest BCUT2D eigenvalue weighted by Gasteiger charge is -2.39. The van der Waals surface area contributed by atoms with Gasteiger partial charge in [-0.15, -0.1) is 0 Å². The van der Waals surface area contributed by atoms with Crippen LogP contribution in [0.4, 0.5) is 17.6 Å². The summed E-state index contributed by atoms with van der Waals surface area (Å²) >= 11 is 6.32. The molecule has 3 aromatic rings. The van der Waals surface area contributed by atoms with Crippen LogP contribution in [0.2, 0.25) is 5.02 Å². The highest BCUT2D eigenvalue weighted by molar-refractivity contribution is 6.32. The minimum Gasteiger partial charge on any atom is -0.497 e. The average Bonchev–Trinajstić information content (AvgIpc) is 2.90. The monoisotopic (exact) mass is 552 g/mol. The van der Waals surface area contributed by atoms with Crippen molar-refractivity contribution in [2.24, 2.45) is 5.41 Å². The van der Waals surface area contributed by atoms with Crippen molar-refractivity contribution in [2.75, 3.05) is 26.7 Å². The van der Waals surface area contributed by atoms with Gasteiger partial charge in [-0.1, -0.05) is 11.6 Å². The number of rotatable bonds is 10. The molecule has 1 aliphatic rings. The Kier molecular flexibility index (Phi) is 8.78. The maximum atomic E-state index is 15.6. The van der Waals surface area contributed by atoms with Gasteiger partial charge in [0.25, 0.3) is 0 Å². The third-order valence-electron chi connectivity index (χ3n) is 7.51. The number of carboxylic acid groups (broad SMARTS) is 1. The van der Waals surface area contributed by atoms with E-state index in [0.717, 1.165) is 6.07 Å². The number of alkyl halides is 1. The normalized spacial score (nSPS) is 16.5. The van der Waals surface area contributed by atoms with Gasteiger partial charge in [0.1, 0.15) is 17.7 Å². The summed E-state index contributed by atoms with van der Waals surface area (Å²) in [4.78, 5) is 18.6. The summed E-state index contributed by atoms with van der Waals surface area (Å²) in [6.45, 7) is 1.47. The van der Waals surface area contributed by atoms with Gasteiger partial charge in [-0.25, -0.2) is 17.6 Å². The molecule has 0 saturated carbocycles. The first kappa shape index (κ1) is 28.1. The highest BCUT2D eigenvalue weighted by Crippen LogP contribution is 2.42. The van der Waals surface area contributed by atoms with Gasteiger partial charge in [0.2, 0.25) is 0 Å². The SMILES string of the molecule is COc1ccc2ncc(Cl)c(C(F)CCC3(C(=O)O)CCN(CCCc4cc(F)cc(F)c4F)CC3)c2c1. The van der Waals surface area contributed by atoms with E-state index in [-0.39, 0.29) is 35.4 Å². The van der Waals surface area contributed by atoms with Gasteiger partial charge in [0.15, 0.2) is 11.6 Å². The molecule has 2 heterocycles. The average molecular weight is 553 g/mol. The second kappa shape index (κ2) is 11.9. The summed E-state index contributed by atoms with van der Waals surface area (Å²) < 4.78 is 61.6. The minimum atomic E-state index is -1.49. The standard InChI is InChI=1S/C28H29ClF4N2O3/c1-38-19-4-5-24-20(15-19)25(21(29)16-34-24)22(31)6-7-28(27(36)37)8-11-35(12-9-28)10-2-3-17-13-18(30)14-23(32)26(17)33/h4-5,13-16,22H,2-3,6-12H2,1H3,(H,36,37). The maximum absolute atomic E-state index is 15.6. The molecule has 1 fully saturated rings. The van der Waals surface area contributed by atoms with E-state index >= 15 is 4.39 Å². The highest BCUT2D eigenvalue weighted by Gasteiger charge is 2.41. The van der Waals surface area contributed by atoms with E-state index in [1.54, 1.807) is 18.2 Å². The molecule has 10 heteroatoms. The number of aryl methyl sites for hydroxylation is 1. The van der Waals surface area contributed by atoms with E-state index in [2.05, 4.69) is 4.98 Å². The number of aromatic nitrogens is 1. The van der Waals surface area contributed by atoms with Crippen molar-refractivity contribution in [3.8, 4) is 5.75 Å². The van der Waals surface area contributed by atoms with Gasteiger partial charge in [-0.05, 0) is 88.0 Å². The number of hydrogen-bond acceptors (Lipinski definition) is 4. The first-order chi connectivity index (χ1) is 18.1. The van der Waals surface area contributed by atoms with Gasteiger partial charge < -0.3 is 14.7 Å². The number of halogens is 5. The van der Waals surface area contributed by atoms with Crippen LogP contribution in [0, 0.1) is 22.9 Å². The quantitative estimate of drug-likeness (QED) is 0.219. The Morgan fingerprint density at radius 2 is 1.95 bits per heavy atom. The Bertz CT molecular complexity index is 1310. The van der Waals surface area contributed by atoms with Gasteiger partial charge in [-0.2, -0.15) is 0 Å². The fourth-order valence-corrected chi connectivity index (χ4v) is 5.49. The molecule has 1 saturated heterocycles. The molecule has 4 rings (SSSR count). The zero-order chi connectivity index (χ0) is 27.4. The topological polar surface area (TPSA) is 62.7 Å². The third kappa shape index (κ3) is 6.04. The number of carbonyl (C=O) groups is 1. The van der Waals surface area contributed by atoms with E-state index in [1.165, 1.54) is 13.3 Å². The Hall–Kier alpha value is -2.91. The molecule has 1 aliphatic heterocycles. The summed E-state index contributed by atoms with van der Waals surface area (Å²) in [7, 11) is 1.51. The number of aliphatic carboxylic acids is 1. The van der Waals surface area contributed by atoms with E-state index < -0.39 is 35.0 Å². The second-order valence-corrected chi connectivity index (χ2v) is 10.2. The Labute approximate surface area is 223 Å². The number of benzene rings is 2. The summed E-state index contributed by atoms with van der Waals surface area (Å²) in [5, 5.41) is 10.8. The molecule has 0 amide bonds. The van der Waals surface area contributed by atoms with Crippen LogP contribution in [0.5, 0.6) is 5.75 Å². The molecule has 0 spiro atoms. The molecule has 1 aromatic heterocycles. The maximum Gasteiger partial charge on any atom is 0.309 e. The van der Waals surface area contributed by atoms with Crippen LogP contribution in [0.15, 0.2) is 36.5 Å². The zero-order valence-electron chi connectivity index (χ0n) is 21.0. The van der Waals surface area contributed by atoms with Crippen LogP contribution in [0.25, 0.3) is 10.9 Å². The van der Waals surface area contributed by atoms with Crippen LogP contribution in [0.1, 0.15) is 49.4 Å². The Balaban J connectivity index is 1.37. The van der Waals surface area contributed by atoms with Crippen molar-refractivity contribution in [3.05, 3.63) is 70.1 Å². The molecule has 1 atom stereocenters. The van der Waals surface area contributed by atoms with Crippen molar-refractivity contribution < 1.29 is 32.2 Å². The van der Waals surface area contributed by atoms with Crippen molar-refractivity contribution in [1.82, 2.24) is 9.88 Å². The molecule has 1 unspecified atom stereocenters. The van der Waals surface area contributed by atoms with E-state index in [0.29, 0.717) is 61.6 Å². The van der Waals surface area contributed by atoms with Crippen LogP contribution >= 0.6 is 11.6 Å². The van der Waals surface area contributed by atoms with Gasteiger partial charge in [-0.3, -0.25) is 9.78 Å². The first-order valence-electron chi connectivity index (χ1n) is 12.5. The molecule has 1 N–H and O–H groups in total. The largest absolute Gasteiger partial charge is 0.497 e. The van der Waals surface area contributed by atoms with Crippen molar-refractivity contribution >= 4 is 28.5 Å². The van der Waals surface area contributed by atoms with Gasteiger partial charge in [0.05, 0.1) is 23.1 Å². The number of likely N-dealkylation sites (tertiary alicyclic amines) is 1. The number of fused-ring (bicyclic) bond motifs is 1. The number of carboxylic acids is 1. The molecule has 2 aromatic carbocycles. The highest BCUT2D eigenvalue weighted by atomic mass is 35.5. The zero-order valence-corrected chi connectivity index (χ0v) is 21.7. The van der Waals surface area contributed by atoms with Gasteiger partial charge in [0, 0.05) is 23.2 Å². The number of nitrogens with zero attached hydrogens (tertiary/aromatic N) is 2. The minimum absolute atomic E-state index is 0.0201. The number of methoxy groups -OCH3 is 1. The molecule has 0 aliphatic carbocycles. The number of piperidine rings is 1. The second-order valence-electron chi connectivity index (χ2n) is 9.80. The molecule has 38 heavy (non-hydrogen) atoms. The molecule has 5 nitrogen and oxygen atoms in total. The van der Waals surface area contributed by atoms with Crippen LogP contribution in [-0.2, 0) is 11.2 Å². The molecule has 0 radical (unpaired) electrons. The van der Waals surface area contributed by atoms with Crippen LogP contribution < -0.4 is 4.74 Å². The van der Waals surface area contributed by atoms with Gasteiger partial charge >= 0.3 is 5.97 Å². The Morgan fingerprint density at radius 1 is 1.21 bits per heavy atom. The fraction of sp³-hybridized carbons (Fsp3) is 0.429. The molecular weight excluding hydrogens is 524 g/mol. The van der Waals surface area contributed by atoms with E-state index in [9.17, 15) is 23.1 Å². The van der Waals surface area contributed by atoms with Crippen molar-refractivity contribution in [1.29, 1.82) is 0 Å². The third-order valence-corrected chi connectivity index (χ3v) is 7.81. The number of pyridine rings is 1. The summed E-state index contributed by atoms with van der Waals surface area (Å²) in [5.41, 5.74) is -0.260. The summed E-state index contributed by atoms with van der Waals surface area (Å²) in [5.74, 6) is -3.51. The smallest absolute Gasteiger partial charge is 0.309 e. The van der Waals surface area contributed by atoms with E-state index in [4.69, 9.17) is 16.3 Å². The lowest BCUT2D eigenvalue weighted by molar-refractivity contribution is -0.153. The number of ether oxygens (including phenoxy) is 1. The summed E-state index contributed by atoms with van der Waals surface area (Å²) in [6, 6.07) is 6.62. The predicted octanol–water partition coefficient (Wildman–Crippen LogP) is 6.90. The molecule has 204 valence electrons. The van der Waals surface area contributed by atoms with Crippen molar-refractivity contribution in [3.63, 3.8) is 0 Å². The predicted molar refractivity (Wildman–Crippen MR) is 137 cm³/mol. The fourth-order valence-electron chi connectivity index (χ4n) is 5.22. The van der Waals surface area contributed by atoms with Crippen LogP contribution in [-0.4, -0.2) is 47.7 Å². The van der Waals surface area contributed by atoms with Crippen LogP contribution in [0.3, 0.4) is 0 Å². The molecule has 0 bridgehead atoms. The van der Waals surface area contributed by atoms with Crippen molar-refractivity contribution in [2.45, 2.75) is 44.7 Å². The Morgan fingerprint density at radius 3 is 2.63 bits per heavy atom. The van der Waals surface area contributed by atoms with E-state index in [1.807, 2.05) is 4.90 Å².